The first-order valence-electron chi connectivity index (χ1n) is 6.82. The number of nitrogens with one attached hydrogen (secondary N) is 1. The van der Waals surface area contributed by atoms with Crippen molar-refractivity contribution in [1.29, 1.82) is 0 Å². The van der Waals surface area contributed by atoms with E-state index < -0.39 is 0 Å². The first-order chi connectivity index (χ1) is 7.83. The average Bonchev–Trinajstić information content (AvgIpc) is 3.01. The normalized spacial score (nSPS) is 43.1. The lowest BCUT2D eigenvalue weighted by Gasteiger charge is -2.24. The third kappa shape index (κ3) is 2.05. The Labute approximate surface area is 98.4 Å². The van der Waals surface area contributed by atoms with Crippen molar-refractivity contribution >= 4 is 0 Å². The van der Waals surface area contributed by atoms with Crippen molar-refractivity contribution in [3.8, 4) is 0 Å². The average molecular weight is 221 g/mol. The smallest absolute Gasteiger partial charge is 0.0509 e. The molecule has 0 aromatic carbocycles. The number of hydrogen-bond acceptors (Lipinski definition) is 2. The maximum atomic E-state index is 5.45. The third-order valence-electron chi connectivity index (χ3n) is 4.79. The van der Waals surface area contributed by atoms with Gasteiger partial charge in [0.05, 0.1) is 6.61 Å². The standard InChI is InChI=1S/C14H23NO/c1-10(13-4-5-16-9-13)15-8-14-7-11-2-3-12(14)6-11/h2-3,10-15H,4-9H2,1H3. The summed E-state index contributed by atoms with van der Waals surface area (Å²) in [6.07, 6.45) is 8.96. The maximum Gasteiger partial charge on any atom is 0.0509 e. The van der Waals surface area contributed by atoms with Gasteiger partial charge in [0.25, 0.3) is 0 Å². The fraction of sp³-hybridized carbons (Fsp3) is 0.857. The molecule has 2 heteroatoms. The number of allylic oxidation sites excluding steroid dienone is 2. The minimum atomic E-state index is 0.630. The van der Waals surface area contributed by atoms with E-state index in [2.05, 4.69) is 24.4 Å². The van der Waals surface area contributed by atoms with Gasteiger partial charge >= 0.3 is 0 Å². The van der Waals surface area contributed by atoms with Crippen LogP contribution in [0.4, 0.5) is 0 Å². The van der Waals surface area contributed by atoms with Crippen LogP contribution in [0.5, 0.6) is 0 Å². The van der Waals surface area contributed by atoms with E-state index in [1.54, 1.807) is 0 Å². The lowest BCUT2D eigenvalue weighted by atomic mass is 9.92. The van der Waals surface area contributed by atoms with Crippen molar-refractivity contribution in [2.45, 2.75) is 32.2 Å². The lowest BCUT2D eigenvalue weighted by molar-refractivity contribution is 0.177. The fourth-order valence-electron chi connectivity index (χ4n) is 3.58. The zero-order valence-corrected chi connectivity index (χ0v) is 10.2. The van der Waals surface area contributed by atoms with Crippen molar-refractivity contribution < 1.29 is 4.74 Å². The topological polar surface area (TPSA) is 21.3 Å². The van der Waals surface area contributed by atoms with Crippen molar-refractivity contribution in [3.63, 3.8) is 0 Å². The molecule has 2 nitrogen and oxygen atoms in total. The van der Waals surface area contributed by atoms with Gasteiger partial charge < -0.3 is 10.1 Å². The second-order valence-corrected chi connectivity index (χ2v) is 5.86. The van der Waals surface area contributed by atoms with Crippen molar-refractivity contribution in [2.24, 2.45) is 23.7 Å². The van der Waals surface area contributed by atoms with E-state index in [1.807, 2.05) is 0 Å². The Morgan fingerprint density at radius 2 is 2.31 bits per heavy atom. The van der Waals surface area contributed by atoms with Crippen molar-refractivity contribution in [3.05, 3.63) is 12.2 Å². The molecule has 0 amide bonds. The minimum Gasteiger partial charge on any atom is -0.381 e. The van der Waals surface area contributed by atoms with E-state index >= 15 is 0 Å². The van der Waals surface area contributed by atoms with E-state index in [-0.39, 0.29) is 0 Å². The van der Waals surface area contributed by atoms with Crippen molar-refractivity contribution in [2.75, 3.05) is 19.8 Å². The van der Waals surface area contributed by atoms with Gasteiger partial charge in [-0.25, -0.2) is 0 Å². The van der Waals surface area contributed by atoms with Crippen LogP contribution in [0.25, 0.3) is 0 Å². The van der Waals surface area contributed by atoms with E-state index in [0.717, 1.165) is 36.9 Å². The second kappa shape index (κ2) is 4.50. The van der Waals surface area contributed by atoms with Crippen LogP contribution in [-0.2, 0) is 4.74 Å². The molecule has 1 aliphatic heterocycles. The van der Waals surface area contributed by atoms with Crippen LogP contribution in [0.2, 0.25) is 0 Å². The van der Waals surface area contributed by atoms with Crippen molar-refractivity contribution in [1.82, 2.24) is 5.32 Å². The van der Waals surface area contributed by atoms with Gasteiger partial charge in [-0.2, -0.15) is 0 Å². The van der Waals surface area contributed by atoms with E-state index in [1.165, 1.54) is 25.8 Å². The van der Waals surface area contributed by atoms with Crippen LogP contribution in [0.15, 0.2) is 12.2 Å². The van der Waals surface area contributed by atoms with Gasteiger partial charge in [0.1, 0.15) is 0 Å². The van der Waals surface area contributed by atoms with E-state index in [9.17, 15) is 0 Å². The van der Waals surface area contributed by atoms with Gasteiger partial charge in [-0.15, -0.1) is 0 Å². The molecule has 5 atom stereocenters. The summed E-state index contributed by atoms with van der Waals surface area (Å²) >= 11 is 0. The number of fused-ring (bicyclic) bond motifs is 2. The quantitative estimate of drug-likeness (QED) is 0.735. The molecule has 3 aliphatic rings. The Bertz CT molecular complexity index is 270. The maximum absolute atomic E-state index is 5.45. The van der Waals surface area contributed by atoms with Gasteiger partial charge in [-0.3, -0.25) is 0 Å². The van der Waals surface area contributed by atoms with Gasteiger partial charge in [0, 0.05) is 12.6 Å². The summed E-state index contributed by atoms with van der Waals surface area (Å²) in [6.45, 7) is 5.46. The molecule has 0 aromatic rings. The van der Waals surface area contributed by atoms with Crippen LogP contribution in [-0.4, -0.2) is 25.8 Å². The molecule has 0 radical (unpaired) electrons. The molecule has 5 unspecified atom stereocenters. The zero-order valence-electron chi connectivity index (χ0n) is 10.2. The molecule has 1 heterocycles. The summed E-state index contributed by atoms with van der Waals surface area (Å²) in [5, 5.41) is 3.74. The fourth-order valence-corrected chi connectivity index (χ4v) is 3.58. The van der Waals surface area contributed by atoms with Crippen LogP contribution < -0.4 is 5.32 Å². The first-order valence-corrected chi connectivity index (χ1v) is 6.82. The molecule has 2 bridgehead atoms. The largest absolute Gasteiger partial charge is 0.381 e. The lowest BCUT2D eigenvalue weighted by Crippen LogP contribution is -2.37. The Morgan fingerprint density at radius 3 is 2.94 bits per heavy atom. The Morgan fingerprint density at radius 1 is 1.38 bits per heavy atom. The predicted molar refractivity (Wildman–Crippen MR) is 65.2 cm³/mol. The number of ether oxygens (including phenoxy) is 1. The van der Waals surface area contributed by atoms with E-state index in [0.29, 0.717) is 6.04 Å². The highest BCUT2D eigenvalue weighted by atomic mass is 16.5. The number of rotatable bonds is 4. The highest BCUT2D eigenvalue weighted by molar-refractivity contribution is 5.10. The van der Waals surface area contributed by atoms with Gasteiger partial charge in [-0.05, 0) is 56.4 Å². The van der Waals surface area contributed by atoms with Crippen LogP contribution in [0, 0.1) is 23.7 Å². The molecule has 2 aliphatic carbocycles. The minimum absolute atomic E-state index is 0.630. The zero-order chi connectivity index (χ0) is 11.0. The second-order valence-electron chi connectivity index (χ2n) is 5.86. The molecule has 1 saturated heterocycles. The molecular formula is C14H23NO. The monoisotopic (exact) mass is 221 g/mol. The molecule has 2 fully saturated rings. The van der Waals surface area contributed by atoms with Crippen LogP contribution >= 0.6 is 0 Å². The SMILES string of the molecule is CC(NCC1CC2C=CC1C2)C1CCOC1. The summed E-state index contributed by atoms with van der Waals surface area (Å²) in [5.74, 6) is 3.43. The Balaban J connectivity index is 1.44. The van der Waals surface area contributed by atoms with Crippen LogP contribution in [0.1, 0.15) is 26.2 Å². The third-order valence-corrected chi connectivity index (χ3v) is 4.79. The summed E-state index contributed by atoms with van der Waals surface area (Å²) in [5.41, 5.74) is 0. The highest BCUT2D eigenvalue weighted by Gasteiger charge is 2.35. The van der Waals surface area contributed by atoms with Gasteiger partial charge in [-0.1, -0.05) is 12.2 Å². The summed E-state index contributed by atoms with van der Waals surface area (Å²) in [6, 6.07) is 0.630. The molecule has 0 spiro atoms. The van der Waals surface area contributed by atoms with E-state index in [4.69, 9.17) is 4.74 Å². The summed E-state index contributed by atoms with van der Waals surface area (Å²) < 4.78 is 5.45. The molecule has 16 heavy (non-hydrogen) atoms. The Kier molecular flexibility index (Phi) is 3.03. The van der Waals surface area contributed by atoms with Crippen LogP contribution in [0.3, 0.4) is 0 Å². The molecule has 0 aromatic heterocycles. The summed E-state index contributed by atoms with van der Waals surface area (Å²) in [4.78, 5) is 0. The Hall–Kier alpha value is -0.340. The molecule has 3 rings (SSSR count). The number of hydrogen-bond donors (Lipinski definition) is 1. The highest BCUT2D eigenvalue weighted by Crippen LogP contribution is 2.43. The molecule has 1 saturated carbocycles. The summed E-state index contributed by atoms with van der Waals surface area (Å²) in [7, 11) is 0. The van der Waals surface area contributed by atoms with Gasteiger partial charge in [0.15, 0.2) is 0 Å². The molecule has 90 valence electrons. The predicted octanol–water partition coefficient (Wildman–Crippen LogP) is 2.21. The molecular weight excluding hydrogens is 198 g/mol. The van der Waals surface area contributed by atoms with Gasteiger partial charge in [0.2, 0.25) is 0 Å². The first kappa shape index (κ1) is 10.8. The molecule has 1 N–H and O–H groups in total.